The van der Waals surface area contributed by atoms with E-state index in [4.69, 9.17) is 17.0 Å². The molecule has 1 atom stereocenters. The van der Waals surface area contributed by atoms with E-state index < -0.39 is 17.5 Å². The van der Waals surface area contributed by atoms with Crippen LogP contribution in [-0.4, -0.2) is 35.7 Å². The minimum atomic E-state index is -1.15. The van der Waals surface area contributed by atoms with Gasteiger partial charge in [0, 0.05) is 6.54 Å². The van der Waals surface area contributed by atoms with Crippen molar-refractivity contribution in [3.63, 3.8) is 0 Å². The maximum Gasteiger partial charge on any atom is 0.344 e. The van der Waals surface area contributed by atoms with E-state index in [9.17, 15) is 9.59 Å². The number of benzene rings is 1. The van der Waals surface area contributed by atoms with Gasteiger partial charge < -0.3 is 15.4 Å². The Bertz CT molecular complexity index is 605. The molecule has 8 heteroatoms. The molecule has 118 valence electrons. The van der Waals surface area contributed by atoms with Gasteiger partial charge >= 0.3 is 6.03 Å². The number of nitrogens with one attached hydrogen (secondary N) is 3. The third kappa shape index (κ3) is 2.82. The van der Waals surface area contributed by atoms with Crippen molar-refractivity contribution in [2.75, 3.05) is 13.7 Å². The standard InChI is InChI=1S/C14H18N4O3S/c1-4-15-12(22)17-18-11(19)14(2,16-13(18)20)9-5-7-10(21-3)8-6-9/h5-8H,4H2,1-3H3,(H,16,20)(H2,15,17,22)/t14-/m1/s1. The van der Waals surface area contributed by atoms with E-state index in [0.29, 0.717) is 17.9 Å². The number of thiocarbonyl (C=S) groups is 1. The number of hydrazine groups is 1. The van der Waals surface area contributed by atoms with E-state index >= 15 is 0 Å². The number of carbonyl (C=O) groups excluding carboxylic acids is 2. The van der Waals surface area contributed by atoms with Crippen molar-refractivity contribution < 1.29 is 14.3 Å². The molecular weight excluding hydrogens is 304 g/mol. The van der Waals surface area contributed by atoms with Crippen molar-refractivity contribution in [1.29, 1.82) is 0 Å². The topological polar surface area (TPSA) is 82.7 Å². The number of carbonyl (C=O) groups is 2. The molecule has 1 aromatic carbocycles. The van der Waals surface area contributed by atoms with Crippen LogP contribution in [0.5, 0.6) is 5.75 Å². The van der Waals surface area contributed by atoms with Gasteiger partial charge in [-0.2, -0.15) is 5.01 Å². The molecule has 0 saturated carbocycles. The van der Waals surface area contributed by atoms with Gasteiger partial charge in [0.1, 0.15) is 11.3 Å². The van der Waals surface area contributed by atoms with Crippen LogP contribution in [0.3, 0.4) is 0 Å². The van der Waals surface area contributed by atoms with Crippen LogP contribution >= 0.6 is 12.2 Å². The number of imide groups is 1. The van der Waals surface area contributed by atoms with E-state index in [-0.39, 0.29) is 5.11 Å². The summed E-state index contributed by atoms with van der Waals surface area (Å²) < 4.78 is 5.09. The summed E-state index contributed by atoms with van der Waals surface area (Å²) in [4.78, 5) is 24.6. The molecule has 7 nitrogen and oxygen atoms in total. The van der Waals surface area contributed by atoms with Crippen molar-refractivity contribution >= 4 is 29.3 Å². The zero-order chi connectivity index (χ0) is 16.3. The van der Waals surface area contributed by atoms with Gasteiger partial charge in [-0.05, 0) is 43.8 Å². The fourth-order valence-corrected chi connectivity index (χ4v) is 2.40. The number of urea groups is 1. The molecule has 22 heavy (non-hydrogen) atoms. The van der Waals surface area contributed by atoms with Gasteiger partial charge in [-0.25, -0.2) is 4.79 Å². The second kappa shape index (κ2) is 6.18. The van der Waals surface area contributed by atoms with Crippen LogP contribution in [0, 0.1) is 0 Å². The second-order valence-corrected chi connectivity index (χ2v) is 5.30. The molecule has 1 saturated heterocycles. The molecule has 0 aromatic heterocycles. The van der Waals surface area contributed by atoms with Gasteiger partial charge in [0.15, 0.2) is 5.11 Å². The third-order valence-electron chi connectivity index (χ3n) is 3.41. The molecule has 0 aliphatic carbocycles. The molecule has 0 bridgehead atoms. The van der Waals surface area contributed by atoms with Gasteiger partial charge in [-0.15, -0.1) is 0 Å². The lowest BCUT2D eigenvalue weighted by molar-refractivity contribution is -0.132. The summed E-state index contributed by atoms with van der Waals surface area (Å²) in [7, 11) is 1.56. The summed E-state index contributed by atoms with van der Waals surface area (Å²) in [5.41, 5.74) is 2.10. The van der Waals surface area contributed by atoms with Crippen LogP contribution in [0.1, 0.15) is 19.4 Å². The first-order chi connectivity index (χ1) is 10.4. The number of nitrogens with zero attached hydrogens (tertiary/aromatic N) is 1. The molecule has 0 radical (unpaired) electrons. The molecule has 1 aromatic rings. The van der Waals surface area contributed by atoms with Gasteiger partial charge in [0.25, 0.3) is 5.91 Å². The monoisotopic (exact) mass is 322 g/mol. The normalized spacial score (nSPS) is 20.6. The quantitative estimate of drug-likeness (QED) is 0.563. The number of amides is 3. The van der Waals surface area contributed by atoms with Crippen molar-refractivity contribution in [2.45, 2.75) is 19.4 Å². The number of methoxy groups -OCH3 is 1. The zero-order valence-electron chi connectivity index (χ0n) is 12.6. The highest BCUT2D eigenvalue weighted by atomic mass is 32.1. The maximum absolute atomic E-state index is 12.6. The summed E-state index contributed by atoms with van der Waals surface area (Å²) in [5.74, 6) is 0.246. The molecular formula is C14H18N4O3S. The fourth-order valence-electron chi connectivity index (χ4n) is 2.16. The molecule has 3 amide bonds. The largest absolute Gasteiger partial charge is 0.497 e. The van der Waals surface area contributed by atoms with Crippen LogP contribution < -0.4 is 20.8 Å². The highest BCUT2D eigenvalue weighted by Crippen LogP contribution is 2.29. The Balaban J connectivity index is 2.23. The van der Waals surface area contributed by atoms with Gasteiger partial charge in [-0.3, -0.25) is 10.2 Å². The second-order valence-electron chi connectivity index (χ2n) is 4.90. The van der Waals surface area contributed by atoms with E-state index in [0.717, 1.165) is 5.01 Å². The molecule has 1 aliphatic rings. The van der Waals surface area contributed by atoms with E-state index in [1.807, 2.05) is 6.92 Å². The lowest BCUT2D eigenvalue weighted by atomic mass is 9.92. The molecule has 1 heterocycles. The summed E-state index contributed by atoms with van der Waals surface area (Å²) in [6.45, 7) is 4.10. The smallest absolute Gasteiger partial charge is 0.344 e. The van der Waals surface area contributed by atoms with Crippen LogP contribution in [-0.2, 0) is 10.3 Å². The van der Waals surface area contributed by atoms with Crippen LogP contribution in [0.25, 0.3) is 0 Å². The first-order valence-corrected chi connectivity index (χ1v) is 7.19. The predicted octanol–water partition coefficient (Wildman–Crippen LogP) is 0.861. The Morgan fingerprint density at radius 2 is 2.00 bits per heavy atom. The third-order valence-corrected chi connectivity index (χ3v) is 3.64. The summed E-state index contributed by atoms with van der Waals surface area (Å²) in [5, 5.41) is 6.60. The van der Waals surface area contributed by atoms with Crippen molar-refractivity contribution in [3.05, 3.63) is 29.8 Å². The highest BCUT2D eigenvalue weighted by molar-refractivity contribution is 7.80. The molecule has 0 unspecified atom stereocenters. The maximum atomic E-state index is 12.6. The number of rotatable bonds is 4. The zero-order valence-corrected chi connectivity index (χ0v) is 13.4. The molecule has 1 fully saturated rings. The van der Waals surface area contributed by atoms with E-state index in [2.05, 4.69) is 16.1 Å². The molecule has 0 spiro atoms. The Morgan fingerprint density at radius 3 is 2.55 bits per heavy atom. The van der Waals surface area contributed by atoms with Crippen LogP contribution in [0.15, 0.2) is 24.3 Å². The Hall–Kier alpha value is -2.35. The van der Waals surface area contributed by atoms with Crippen molar-refractivity contribution in [3.8, 4) is 5.75 Å². The van der Waals surface area contributed by atoms with Crippen LogP contribution in [0.2, 0.25) is 0 Å². The molecule has 3 N–H and O–H groups in total. The molecule has 1 aliphatic heterocycles. The minimum absolute atomic E-state index is 0.213. The van der Waals surface area contributed by atoms with Crippen molar-refractivity contribution in [1.82, 2.24) is 21.1 Å². The fraction of sp³-hybridized carbons (Fsp3) is 0.357. The predicted molar refractivity (Wildman–Crippen MR) is 85.1 cm³/mol. The minimum Gasteiger partial charge on any atom is -0.497 e. The van der Waals surface area contributed by atoms with Crippen molar-refractivity contribution in [2.24, 2.45) is 0 Å². The highest BCUT2D eigenvalue weighted by Gasteiger charge is 2.49. The SMILES string of the molecule is CCNC(=S)NN1C(=O)N[C@](C)(c2ccc(OC)cc2)C1=O. The first-order valence-electron chi connectivity index (χ1n) is 6.78. The average molecular weight is 322 g/mol. The average Bonchev–Trinajstić information content (AvgIpc) is 2.72. The lowest BCUT2D eigenvalue weighted by Gasteiger charge is -2.22. The lowest BCUT2D eigenvalue weighted by Crippen LogP contribution is -2.51. The van der Waals surface area contributed by atoms with E-state index in [1.165, 1.54) is 0 Å². The van der Waals surface area contributed by atoms with Crippen LogP contribution in [0.4, 0.5) is 4.79 Å². The summed E-state index contributed by atoms with van der Waals surface area (Å²) in [6, 6.07) is 6.40. The number of ether oxygens (including phenoxy) is 1. The van der Waals surface area contributed by atoms with Gasteiger partial charge in [0.2, 0.25) is 0 Å². The van der Waals surface area contributed by atoms with Gasteiger partial charge in [-0.1, -0.05) is 12.1 Å². The Labute approximate surface area is 134 Å². The number of hydrogen-bond donors (Lipinski definition) is 3. The molecule has 2 rings (SSSR count). The Morgan fingerprint density at radius 1 is 1.36 bits per heavy atom. The number of hydrogen-bond acceptors (Lipinski definition) is 4. The summed E-state index contributed by atoms with van der Waals surface area (Å²) in [6.07, 6.45) is 0. The summed E-state index contributed by atoms with van der Waals surface area (Å²) >= 11 is 5.01. The first kappa shape index (κ1) is 16.0. The van der Waals surface area contributed by atoms with Gasteiger partial charge in [0.05, 0.1) is 7.11 Å². The Kier molecular flexibility index (Phi) is 4.51. The van der Waals surface area contributed by atoms with E-state index in [1.54, 1.807) is 38.3 Å².